The average Bonchev–Trinajstić information content (AvgIpc) is 2.18. The highest BCUT2D eigenvalue weighted by Gasteiger charge is 2.21. The smallest absolute Gasteiger partial charge is 0.119 e. The second-order valence-electron chi connectivity index (χ2n) is 5.19. The number of hydrogen-bond acceptors (Lipinski definition) is 2. The van der Waals surface area contributed by atoms with Crippen molar-refractivity contribution in [3.05, 3.63) is 28.8 Å². The van der Waals surface area contributed by atoms with Gasteiger partial charge in [0.05, 0.1) is 0 Å². The summed E-state index contributed by atoms with van der Waals surface area (Å²) in [6, 6.07) is 5.65. The highest BCUT2D eigenvalue weighted by molar-refractivity contribution is 6.31. The Balaban J connectivity index is 2.58. The van der Waals surface area contributed by atoms with E-state index in [1.807, 2.05) is 25.1 Å². The minimum absolute atomic E-state index is 0.0171. The monoisotopic (exact) mass is 241 g/mol. The molecular formula is C13H20ClNO. The van der Waals surface area contributed by atoms with Gasteiger partial charge in [-0.3, -0.25) is 0 Å². The zero-order valence-corrected chi connectivity index (χ0v) is 11.1. The maximum atomic E-state index is 6.02. The van der Waals surface area contributed by atoms with E-state index in [4.69, 9.17) is 22.1 Å². The van der Waals surface area contributed by atoms with Gasteiger partial charge in [-0.05, 0) is 36.1 Å². The van der Waals surface area contributed by atoms with Crippen molar-refractivity contribution in [1.82, 2.24) is 0 Å². The van der Waals surface area contributed by atoms with Crippen molar-refractivity contribution in [2.24, 2.45) is 11.1 Å². The number of aryl methyl sites for hydroxylation is 1. The van der Waals surface area contributed by atoms with Crippen molar-refractivity contribution in [2.75, 3.05) is 6.61 Å². The molecule has 0 aliphatic carbocycles. The van der Waals surface area contributed by atoms with Crippen LogP contribution in [0.1, 0.15) is 26.3 Å². The van der Waals surface area contributed by atoms with Crippen LogP contribution < -0.4 is 10.5 Å². The van der Waals surface area contributed by atoms with Gasteiger partial charge in [-0.15, -0.1) is 0 Å². The third kappa shape index (κ3) is 3.69. The second kappa shape index (κ2) is 5.07. The summed E-state index contributed by atoms with van der Waals surface area (Å²) < 4.78 is 5.65. The van der Waals surface area contributed by atoms with Gasteiger partial charge in [-0.2, -0.15) is 0 Å². The largest absolute Gasteiger partial charge is 0.492 e. The van der Waals surface area contributed by atoms with Crippen molar-refractivity contribution in [3.63, 3.8) is 0 Å². The molecule has 0 amide bonds. The fourth-order valence-corrected chi connectivity index (χ4v) is 1.26. The highest BCUT2D eigenvalue weighted by atomic mass is 35.5. The van der Waals surface area contributed by atoms with Gasteiger partial charge in [-0.25, -0.2) is 0 Å². The third-order valence-electron chi connectivity index (χ3n) is 2.67. The number of halogens is 1. The van der Waals surface area contributed by atoms with Gasteiger partial charge in [0, 0.05) is 11.1 Å². The van der Waals surface area contributed by atoms with Gasteiger partial charge >= 0.3 is 0 Å². The molecule has 2 N–H and O–H groups in total. The maximum absolute atomic E-state index is 6.02. The van der Waals surface area contributed by atoms with E-state index in [-0.39, 0.29) is 11.5 Å². The fraction of sp³-hybridized carbons (Fsp3) is 0.538. The summed E-state index contributed by atoms with van der Waals surface area (Å²) in [5, 5.41) is 0.757. The Bertz CT molecular complexity index is 357. The summed E-state index contributed by atoms with van der Waals surface area (Å²) in [6.45, 7) is 8.79. The quantitative estimate of drug-likeness (QED) is 0.880. The molecule has 1 aromatic rings. The Morgan fingerprint density at radius 1 is 1.38 bits per heavy atom. The summed E-state index contributed by atoms with van der Waals surface area (Å²) in [5.74, 6) is 0.821. The van der Waals surface area contributed by atoms with E-state index in [1.165, 1.54) is 0 Å². The molecule has 0 fully saturated rings. The lowest BCUT2D eigenvalue weighted by molar-refractivity contribution is 0.205. The first kappa shape index (κ1) is 13.3. The van der Waals surface area contributed by atoms with Crippen LogP contribution in [0.25, 0.3) is 0 Å². The molecule has 0 bridgehead atoms. The Kier molecular flexibility index (Phi) is 4.22. The number of nitrogens with two attached hydrogens (primary N) is 1. The standard InChI is InChI=1S/C13H20ClNO/c1-9-7-10(5-6-11(9)14)16-8-12(15)13(2,3)4/h5-7,12H,8,15H2,1-4H3. The van der Waals surface area contributed by atoms with Crippen molar-refractivity contribution < 1.29 is 4.74 Å². The zero-order valence-electron chi connectivity index (χ0n) is 10.4. The lowest BCUT2D eigenvalue weighted by Gasteiger charge is -2.26. The molecule has 2 nitrogen and oxygen atoms in total. The van der Waals surface area contributed by atoms with E-state index < -0.39 is 0 Å². The van der Waals surface area contributed by atoms with Crippen LogP contribution in [0, 0.1) is 12.3 Å². The normalized spacial score (nSPS) is 13.6. The Labute approximate surface area is 103 Å². The van der Waals surface area contributed by atoms with E-state index in [1.54, 1.807) is 0 Å². The summed E-state index contributed by atoms with van der Waals surface area (Å²) in [4.78, 5) is 0. The van der Waals surface area contributed by atoms with Crippen LogP contribution in [-0.2, 0) is 0 Å². The molecule has 90 valence electrons. The first-order valence-corrected chi connectivity index (χ1v) is 5.83. The van der Waals surface area contributed by atoms with Crippen molar-refractivity contribution in [2.45, 2.75) is 33.7 Å². The Morgan fingerprint density at radius 3 is 2.50 bits per heavy atom. The minimum Gasteiger partial charge on any atom is -0.492 e. The molecule has 0 aliphatic rings. The van der Waals surface area contributed by atoms with Crippen molar-refractivity contribution in [1.29, 1.82) is 0 Å². The van der Waals surface area contributed by atoms with E-state index >= 15 is 0 Å². The van der Waals surface area contributed by atoms with Gasteiger partial charge in [0.1, 0.15) is 12.4 Å². The molecule has 1 rings (SSSR count). The topological polar surface area (TPSA) is 35.2 Å². The molecule has 0 aliphatic heterocycles. The molecule has 0 heterocycles. The van der Waals surface area contributed by atoms with Crippen LogP contribution in [0.2, 0.25) is 5.02 Å². The van der Waals surface area contributed by atoms with Crippen LogP contribution in [0.4, 0.5) is 0 Å². The summed E-state index contributed by atoms with van der Waals surface area (Å²) in [7, 11) is 0. The fourth-order valence-electron chi connectivity index (χ4n) is 1.14. The summed E-state index contributed by atoms with van der Waals surface area (Å²) in [6.07, 6.45) is 0. The van der Waals surface area contributed by atoms with E-state index in [9.17, 15) is 0 Å². The van der Waals surface area contributed by atoms with Gasteiger partial charge in [0.15, 0.2) is 0 Å². The van der Waals surface area contributed by atoms with Crippen LogP contribution in [0.3, 0.4) is 0 Å². The Hall–Kier alpha value is -0.730. The molecule has 0 saturated heterocycles. The molecule has 0 spiro atoms. The average molecular weight is 242 g/mol. The molecule has 3 heteroatoms. The first-order valence-electron chi connectivity index (χ1n) is 5.45. The minimum atomic E-state index is 0.0171. The highest BCUT2D eigenvalue weighted by Crippen LogP contribution is 2.22. The molecule has 1 unspecified atom stereocenters. The Morgan fingerprint density at radius 2 is 2.00 bits per heavy atom. The SMILES string of the molecule is Cc1cc(OCC(N)C(C)(C)C)ccc1Cl. The number of ether oxygens (including phenoxy) is 1. The number of hydrogen-bond donors (Lipinski definition) is 1. The van der Waals surface area contributed by atoms with E-state index in [2.05, 4.69) is 20.8 Å². The lowest BCUT2D eigenvalue weighted by Crippen LogP contribution is -2.40. The summed E-state index contributed by atoms with van der Waals surface area (Å²) >= 11 is 5.94. The predicted molar refractivity (Wildman–Crippen MR) is 69.1 cm³/mol. The molecule has 0 aromatic heterocycles. The predicted octanol–water partition coefficient (Wildman–Crippen LogP) is 3.40. The summed E-state index contributed by atoms with van der Waals surface area (Å²) in [5.41, 5.74) is 7.09. The molecule has 1 aromatic carbocycles. The van der Waals surface area contributed by atoms with Crippen LogP contribution >= 0.6 is 11.6 Å². The van der Waals surface area contributed by atoms with Crippen molar-refractivity contribution >= 4 is 11.6 Å². The van der Waals surface area contributed by atoms with E-state index in [0.717, 1.165) is 16.3 Å². The molecule has 16 heavy (non-hydrogen) atoms. The van der Waals surface area contributed by atoms with Gasteiger partial charge in [-0.1, -0.05) is 32.4 Å². The third-order valence-corrected chi connectivity index (χ3v) is 3.10. The second-order valence-corrected chi connectivity index (χ2v) is 5.60. The first-order chi connectivity index (χ1) is 7.30. The maximum Gasteiger partial charge on any atom is 0.119 e. The molecular weight excluding hydrogens is 222 g/mol. The lowest BCUT2D eigenvalue weighted by atomic mass is 9.88. The van der Waals surface area contributed by atoms with Crippen molar-refractivity contribution in [3.8, 4) is 5.75 Å². The van der Waals surface area contributed by atoms with Gasteiger partial charge < -0.3 is 10.5 Å². The van der Waals surface area contributed by atoms with Gasteiger partial charge in [0.25, 0.3) is 0 Å². The molecule has 0 radical (unpaired) electrons. The van der Waals surface area contributed by atoms with Crippen LogP contribution in [-0.4, -0.2) is 12.6 Å². The number of benzene rings is 1. The number of rotatable bonds is 3. The van der Waals surface area contributed by atoms with Crippen LogP contribution in [0.5, 0.6) is 5.75 Å². The zero-order chi connectivity index (χ0) is 12.3. The molecule has 1 atom stereocenters. The van der Waals surface area contributed by atoms with E-state index in [0.29, 0.717) is 6.61 Å². The van der Waals surface area contributed by atoms with Crippen LogP contribution in [0.15, 0.2) is 18.2 Å². The van der Waals surface area contributed by atoms with Gasteiger partial charge in [0.2, 0.25) is 0 Å². The molecule has 0 saturated carbocycles.